The summed E-state index contributed by atoms with van der Waals surface area (Å²) in [5.41, 5.74) is 2.58. The maximum Gasteiger partial charge on any atom is 0.277 e. The van der Waals surface area contributed by atoms with Gasteiger partial charge in [0.1, 0.15) is 5.03 Å². The molecule has 1 saturated heterocycles. The molecule has 0 radical (unpaired) electrons. The van der Waals surface area contributed by atoms with E-state index in [1.54, 1.807) is 12.1 Å². The van der Waals surface area contributed by atoms with Gasteiger partial charge in [0.15, 0.2) is 0 Å². The minimum absolute atomic E-state index is 0.0275. The minimum atomic E-state index is -0.472. The molecule has 4 rings (SSSR count). The second-order valence-electron chi connectivity index (χ2n) is 7.19. The Morgan fingerprint density at radius 1 is 0.852 bits per heavy atom. The molecule has 2 aromatic rings. The number of hydrogen-bond donors (Lipinski definition) is 0. The van der Waals surface area contributed by atoms with E-state index in [-0.39, 0.29) is 16.5 Å². The minimum Gasteiger partial charge on any atom is -0.372 e. The quantitative estimate of drug-likeness (QED) is 0.739. The second kappa shape index (κ2) is 7.20. The lowest BCUT2D eigenvalue weighted by Gasteiger charge is -2.32. The fourth-order valence-electron chi connectivity index (χ4n) is 3.67. The van der Waals surface area contributed by atoms with Gasteiger partial charge in [-0.25, -0.2) is 4.90 Å². The molecule has 1 fully saturated rings. The Morgan fingerprint density at radius 2 is 1.44 bits per heavy atom. The Balaban J connectivity index is 1.58. The topological polar surface area (TPSA) is 40.6 Å². The first-order valence-corrected chi connectivity index (χ1v) is 9.63. The van der Waals surface area contributed by atoms with E-state index in [0.717, 1.165) is 29.6 Å². The third-order valence-corrected chi connectivity index (χ3v) is 5.70. The van der Waals surface area contributed by atoms with Crippen LogP contribution in [0.5, 0.6) is 0 Å². The lowest BCUT2D eigenvalue weighted by molar-refractivity contribution is -0.119. The molecule has 0 spiro atoms. The zero-order valence-corrected chi connectivity index (χ0v) is 15.9. The van der Waals surface area contributed by atoms with Crippen LogP contribution in [0, 0.1) is 5.92 Å². The lowest BCUT2D eigenvalue weighted by atomic mass is 9.99. The monoisotopic (exact) mass is 380 g/mol. The number of piperidine rings is 1. The number of halogens is 1. The fraction of sp³-hybridized carbons (Fsp3) is 0.273. The van der Waals surface area contributed by atoms with Gasteiger partial charge in [-0.2, -0.15) is 0 Å². The van der Waals surface area contributed by atoms with E-state index in [0.29, 0.717) is 11.3 Å². The first-order valence-electron chi connectivity index (χ1n) is 9.25. The molecule has 0 aliphatic carbocycles. The maximum atomic E-state index is 12.9. The SMILES string of the molecule is CC1CCN(c2ccc(N3C(=O)C(Cl)=C(c4ccccc4)C3=O)cc2)CC1. The molecule has 0 atom stereocenters. The number of imide groups is 1. The first kappa shape index (κ1) is 17.8. The molecule has 0 aromatic heterocycles. The van der Waals surface area contributed by atoms with Gasteiger partial charge in [-0.3, -0.25) is 9.59 Å². The molecule has 2 aliphatic rings. The number of carbonyl (C=O) groups is 2. The number of carbonyl (C=O) groups excluding carboxylic acids is 2. The predicted octanol–water partition coefficient (Wildman–Crippen LogP) is 4.45. The predicted molar refractivity (Wildman–Crippen MR) is 109 cm³/mol. The van der Waals surface area contributed by atoms with Gasteiger partial charge in [0.25, 0.3) is 11.8 Å². The molecule has 0 saturated carbocycles. The molecular weight excluding hydrogens is 360 g/mol. The molecule has 2 heterocycles. The van der Waals surface area contributed by atoms with E-state index < -0.39 is 5.91 Å². The Hall–Kier alpha value is -2.59. The van der Waals surface area contributed by atoms with E-state index >= 15 is 0 Å². The average Bonchev–Trinajstić information content (AvgIpc) is 2.92. The van der Waals surface area contributed by atoms with E-state index in [9.17, 15) is 9.59 Å². The van der Waals surface area contributed by atoms with Crippen LogP contribution < -0.4 is 9.80 Å². The van der Waals surface area contributed by atoms with Crippen LogP contribution in [0.25, 0.3) is 5.57 Å². The molecule has 0 bridgehead atoms. The molecule has 0 unspecified atom stereocenters. The standard InChI is InChI=1S/C22H21ClN2O2/c1-15-11-13-24(14-12-15)17-7-9-18(10-8-17)25-21(26)19(20(23)22(25)27)16-5-3-2-4-6-16/h2-10,15H,11-14H2,1H3. The molecular formula is C22H21ClN2O2. The third kappa shape index (κ3) is 3.26. The van der Waals surface area contributed by atoms with Crippen molar-refractivity contribution in [2.45, 2.75) is 19.8 Å². The molecule has 27 heavy (non-hydrogen) atoms. The van der Waals surface area contributed by atoms with Crippen LogP contribution in [0.1, 0.15) is 25.3 Å². The number of rotatable bonds is 3. The third-order valence-electron chi connectivity index (χ3n) is 5.35. The molecule has 2 aromatic carbocycles. The summed E-state index contributed by atoms with van der Waals surface area (Å²) in [6.45, 7) is 4.35. The highest BCUT2D eigenvalue weighted by Gasteiger charge is 2.39. The van der Waals surface area contributed by atoms with Gasteiger partial charge in [0.05, 0.1) is 11.3 Å². The van der Waals surface area contributed by atoms with Crippen LogP contribution in [-0.4, -0.2) is 24.9 Å². The van der Waals surface area contributed by atoms with Crippen LogP contribution in [0.3, 0.4) is 0 Å². The van der Waals surface area contributed by atoms with Crippen LogP contribution in [0.15, 0.2) is 59.6 Å². The maximum absolute atomic E-state index is 12.9. The molecule has 2 aliphatic heterocycles. The van der Waals surface area contributed by atoms with E-state index in [1.807, 2.05) is 42.5 Å². The number of amides is 2. The molecule has 5 heteroatoms. The number of nitrogens with zero attached hydrogens (tertiary/aromatic N) is 2. The van der Waals surface area contributed by atoms with Crippen molar-refractivity contribution in [3.63, 3.8) is 0 Å². The van der Waals surface area contributed by atoms with Gasteiger partial charge in [-0.05, 0) is 48.6 Å². The number of anilines is 2. The van der Waals surface area contributed by atoms with E-state index in [1.165, 1.54) is 12.8 Å². The van der Waals surface area contributed by atoms with Crippen LogP contribution >= 0.6 is 11.6 Å². The summed E-state index contributed by atoms with van der Waals surface area (Å²) in [6, 6.07) is 16.7. The summed E-state index contributed by atoms with van der Waals surface area (Å²) in [5, 5.41) is -0.0275. The van der Waals surface area contributed by atoms with Crippen molar-refractivity contribution >= 4 is 40.4 Å². The Kier molecular flexibility index (Phi) is 4.75. The van der Waals surface area contributed by atoms with Crippen molar-refractivity contribution < 1.29 is 9.59 Å². The number of benzene rings is 2. The molecule has 0 N–H and O–H groups in total. The van der Waals surface area contributed by atoms with Gasteiger partial charge in [-0.15, -0.1) is 0 Å². The van der Waals surface area contributed by atoms with Crippen LogP contribution in [-0.2, 0) is 9.59 Å². The smallest absolute Gasteiger partial charge is 0.277 e. The first-order chi connectivity index (χ1) is 13.1. The summed E-state index contributed by atoms with van der Waals surface area (Å²) in [5.74, 6) is -0.0826. The molecule has 138 valence electrons. The van der Waals surface area contributed by atoms with Crippen LogP contribution in [0.2, 0.25) is 0 Å². The van der Waals surface area contributed by atoms with E-state index in [4.69, 9.17) is 11.6 Å². The molecule has 4 nitrogen and oxygen atoms in total. The average molecular weight is 381 g/mol. The van der Waals surface area contributed by atoms with Crippen molar-refractivity contribution in [2.75, 3.05) is 22.9 Å². The fourth-order valence-corrected chi connectivity index (χ4v) is 3.95. The van der Waals surface area contributed by atoms with Gasteiger partial charge in [0, 0.05) is 18.8 Å². The molecule has 2 amide bonds. The van der Waals surface area contributed by atoms with Crippen molar-refractivity contribution in [1.82, 2.24) is 0 Å². The van der Waals surface area contributed by atoms with Crippen molar-refractivity contribution in [2.24, 2.45) is 5.92 Å². The van der Waals surface area contributed by atoms with Gasteiger partial charge < -0.3 is 4.90 Å². The van der Waals surface area contributed by atoms with Crippen LogP contribution in [0.4, 0.5) is 11.4 Å². The lowest BCUT2D eigenvalue weighted by Crippen LogP contribution is -2.33. The zero-order valence-electron chi connectivity index (χ0n) is 15.2. The van der Waals surface area contributed by atoms with Crippen molar-refractivity contribution in [3.05, 3.63) is 65.2 Å². The number of hydrogen-bond acceptors (Lipinski definition) is 3. The summed E-state index contributed by atoms with van der Waals surface area (Å²) in [7, 11) is 0. The second-order valence-corrected chi connectivity index (χ2v) is 7.56. The highest BCUT2D eigenvalue weighted by molar-refractivity contribution is 6.60. The summed E-state index contributed by atoms with van der Waals surface area (Å²) in [4.78, 5) is 29.0. The summed E-state index contributed by atoms with van der Waals surface area (Å²) < 4.78 is 0. The van der Waals surface area contributed by atoms with Crippen molar-refractivity contribution in [1.29, 1.82) is 0 Å². The summed E-state index contributed by atoms with van der Waals surface area (Å²) in [6.07, 6.45) is 2.37. The van der Waals surface area contributed by atoms with E-state index in [2.05, 4.69) is 11.8 Å². The largest absolute Gasteiger partial charge is 0.372 e. The normalized spacial score (nSPS) is 18.6. The van der Waals surface area contributed by atoms with Gasteiger partial charge in [0.2, 0.25) is 0 Å². The van der Waals surface area contributed by atoms with Gasteiger partial charge >= 0.3 is 0 Å². The highest BCUT2D eigenvalue weighted by Crippen LogP contribution is 2.35. The highest BCUT2D eigenvalue weighted by atomic mass is 35.5. The zero-order chi connectivity index (χ0) is 19.0. The Labute approximate surface area is 164 Å². The van der Waals surface area contributed by atoms with Crippen molar-refractivity contribution in [3.8, 4) is 0 Å². The summed E-state index contributed by atoms with van der Waals surface area (Å²) >= 11 is 6.23. The van der Waals surface area contributed by atoms with Gasteiger partial charge in [-0.1, -0.05) is 48.9 Å². The Morgan fingerprint density at radius 3 is 2.07 bits per heavy atom. The Bertz CT molecular complexity index is 898.